The first kappa shape index (κ1) is 16.1. The summed E-state index contributed by atoms with van der Waals surface area (Å²) in [4.78, 5) is 0. The highest BCUT2D eigenvalue weighted by Crippen LogP contribution is 2.30. The van der Waals surface area contributed by atoms with Crippen molar-refractivity contribution in [3.63, 3.8) is 0 Å². The monoisotopic (exact) mass is 347 g/mol. The summed E-state index contributed by atoms with van der Waals surface area (Å²) in [5.41, 5.74) is 2.58. The van der Waals surface area contributed by atoms with Gasteiger partial charge in [-0.2, -0.15) is 0 Å². The first-order valence-electron chi connectivity index (χ1n) is 7.11. The Balaban J connectivity index is 2.02. The molecule has 0 saturated carbocycles. The van der Waals surface area contributed by atoms with E-state index in [1.165, 1.54) is 11.1 Å². The van der Waals surface area contributed by atoms with E-state index in [9.17, 15) is 0 Å². The minimum Gasteiger partial charge on any atom is -0.456 e. The molecule has 0 atom stereocenters. The summed E-state index contributed by atoms with van der Waals surface area (Å²) in [7, 11) is 0. The van der Waals surface area contributed by atoms with E-state index in [1.807, 2.05) is 24.3 Å². The zero-order valence-corrected chi connectivity index (χ0v) is 14.6. The first-order valence-corrected chi connectivity index (χ1v) is 7.91. The van der Waals surface area contributed by atoms with E-state index in [4.69, 9.17) is 4.74 Å². The van der Waals surface area contributed by atoms with E-state index in [1.54, 1.807) is 0 Å². The van der Waals surface area contributed by atoms with Gasteiger partial charge in [-0.05, 0) is 79.0 Å². The first-order chi connectivity index (χ1) is 9.83. The van der Waals surface area contributed by atoms with Crippen molar-refractivity contribution in [1.29, 1.82) is 0 Å². The van der Waals surface area contributed by atoms with Gasteiger partial charge in [0.2, 0.25) is 0 Å². The summed E-state index contributed by atoms with van der Waals surface area (Å²) in [6.45, 7) is 9.42. The number of hydrogen-bond donors (Lipinski definition) is 1. The number of rotatable bonds is 4. The second-order valence-corrected chi connectivity index (χ2v) is 7.14. The lowest BCUT2D eigenvalue weighted by molar-refractivity contribution is 0.424. The number of ether oxygens (including phenoxy) is 1. The van der Waals surface area contributed by atoms with Gasteiger partial charge in [-0.1, -0.05) is 18.2 Å². The van der Waals surface area contributed by atoms with E-state index in [0.29, 0.717) is 0 Å². The topological polar surface area (TPSA) is 21.3 Å². The second kappa shape index (κ2) is 6.63. The molecule has 2 rings (SSSR count). The Morgan fingerprint density at radius 2 is 1.71 bits per heavy atom. The summed E-state index contributed by atoms with van der Waals surface area (Å²) in [6, 6.07) is 14.3. The molecule has 2 aromatic rings. The quantitative estimate of drug-likeness (QED) is 0.795. The number of hydrogen-bond acceptors (Lipinski definition) is 2. The van der Waals surface area contributed by atoms with Crippen molar-refractivity contribution in [1.82, 2.24) is 5.32 Å². The molecule has 0 amide bonds. The maximum Gasteiger partial charge on any atom is 0.141 e. The van der Waals surface area contributed by atoms with E-state index in [-0.39, 0.29) is 5.54 Å². The van der Waals surface area contributed by atoms with E-state index < -0.39 is 0 Å². The van der Waals surface area contributed by atoms with Gasteiger partial charge >= 0.3 is 0 Å². The summed E-state index contributed by atoms with van der Waals surface area (Å²) >= 11 is 3.53. The van der Waals surface area contributed by atoms with Gasteiger partial charge in [-0.3, -0.25) is 0 Å². The van der Waals surface area contributed by atoms with Crippen molar-refractivity contribution in [2.75, 3.05) is 0 Å². The van der Waals surface area contributed by atoms with Crippen LogP contribution in [-0.4, -0.2) is 5.54 Å². The number of aryl methyl sites for hydroxylation is 1. The molecule has 0 spiro atoms. The SMILES string of the molecule is Cc1ccc(Oc2ccc(CNC(C)(C)C)cc2)c(Br)c1. The van der Waals surface area contributed by atoms with Crippen molar-refractivity contribution >= 4 is 15.9 Å². The fraction of sp³-hybridized carbons (Fsp3) is 0.333. The largest absolute Gasteiger partial charge is 0.456 e. The summed E-state index contributed by atoms with van der Waals surface area (Å²) in [5, 5.41) is 3.47. The molecule has 0 bridgehead atoms. The third kappa shape index (κ3) is 5.18. The highest BCUT2D eigenvalue weighted by Gasteiger charge is 2.08. The van der Waals surface area contributed by atoms with Gasteiger partial charge in [0.15, 0.2) is 0 Å². The van der Waals surface area contributed by atoms with Crippen molar-refractivity contribution in [2.24, 2.45) is 0 Å². The molecule has 2 aromatic carbocycles. The Morgan fingerprint density at radius 3 is 2.29 bits per heavy atom. The van der Waals surface area contributed by atoms with Gasteiger partial charge in [0.05, 0.1) is 4.47 Å². The van der Waals surface area contributed by atoms with Crippen LogP contribution < -0.4 is 10.1 Å². The van der Waals surface area contributed by atoms with Crippen molar-refractivity contribution in [2.45, 2.75) is 39.8 Å². The van der Waals surface area contributed by atoms with Crippen molar-refractivity contribution < 1.29 is 4.74 Å². The average molecular weight is 348 g/mol. The van der Waals surface area contributed by atoms with Crippen LogP contribution in [0.4, 0.5) is 0 Å². The molecule has 0 heterocycles. The van der Waals surface area contributed by atoms with Gasteiger partial charge in [0, 0.05) is 12.1 Å². The molecule has 0 radical (unpaired) electrons. The summed E-state index contributed by atoms with van der Waals surface area (Å²) in [6.07, 6.45) is 0. The normalized spacial score (nSPS) is 11.5. The average Bonchev–Trinajstić information content (AvgIpc) is 2.40. The van der Waals surface area contributed by atoms with Gasteiger partial charge in [-0.25, -0.2) is 0 Å². The molecular formula is C18H22BrNO. The van der Waals surface area contributed by atoms with Gasteiger partial charge in [0.1, 0.15) is 11.5 Å². The van der Waals surface area contributed by atoms with Crippen molar-refractivity contribution in [3.05, 3.63) is 58.1 Å². The van der Waals surface area contributed by atoms with Gasteiger partial charge in [0.25, 0.3) is 0 Å². The standard InChI is InChI=1S/C18H22BrNO/c1-13-5-10-17(16(19)11-13)21-15-8-6-14(7-9-15)12-20-18(2,3)4/h5-11,20H,12H2,1-4H3. The Bertz CT molecular complexity index is 600. The third-order valence-corrected chi connectivity index (χ3v) is 3.68. The lowest BCUT2D eigenvalue weighted by Crippen LogP contribution is -2.34. The Labute approximate surface area is 135 Å². The smallest absolute Gasteiger partial charge is 0.141 e. The highest BCUT2D eigenvalue weighted by molar-refractivity contribution is 9.10. The van der Waals surface area contributed by atoms with E-state index >= 15 is 0 Å². The van der Waals surface area contributed by atoms with Crippen LogP contribution in [-0.2, 0) is 6.54 Å². The van der Waals surface area contributed by atoms with Crippen LogP contribution >= 0.6 is 15.9 Å². The minimum absolute atomic E-state index is 0.127. The molecule has 0 aliphatic carbocycles. The second-order valence-electron chi connectivity index (χ2n) is 6.28. The van der Waals surface area contributed by atoms with Crippen LogP contribution in [0.25, 0.3) is 0 Å². The number of nitrogens with one attached hydrogen (secondary N) is 1. The third-order valence-electron chi connectivity index (χ3n) is 3.06. The maximum absolute atomic E-state index is 5.90. The van der Waals surface area contributed by atoms with E-state index in [2.05, 4.69) is 67.1 Å². The van der Waals surface area contributed by atoms with Crippen LogP contribution in [0.15, 0.2) is 46.9 Å². The molecule has 0 saturated heterocycles. The Kier molecular flexibility index (Phi) is 5.07. The van der Waals surface area contributed by atoms with E-state index in [0.717, 1.165) is 22.5 Å². The van der Waals surface area contributed by atoms with Crippen LogP contribution in [0.1, 0.15) is 31.9 Å². The molecule has 1 N–H and O–H groups in total. The Hall–Kier alpha value is -1.32. The van der Waals surface area contributed by atoms with Crippen LogP contribution in [0.5, 0.6) is 11.5 Å². The molecular weight excluding hydrogens is 326 g/mol. The molecule has 21 heavy (non-hydrogen) atoms. The number of benzene rings is 2. The van der Waals surface area contributed by atoms with Gasteiger partial charge < -0.3 is 10.1 Å². The molecule has 0 aliphatic rings. The Morgan fingerprint density at radius 1 is 1.05 bits per heavy atom. The molecule has 0 fully saturated rings. The zero-order chi connectivity index (χ0) is 15.5. The molecule has 0 unspecified atom stereocenters. The fourth-order valence-corrected chi connectivity index (χ4v) is 2.43. The molecule has 3 heteroatoms. The highest BCUT2D eigenvalue weighted by atomic mass is 79.9. The van der Waals surface area contributed by atoms with Crippen LogP contribution in [0.3, 0.4) is 0 Å². The molecule has 2 nitrogen and oxygen atoms in total. The lowest BCUT2D eigenvalue weighted by atomic mass is 10.1. The fourth-order valence-electron chi connectivity index (χ4n) is 1.86. The van der Waals surface area contributed by atoms with Gasteiger partial charge in [-0.15, -0.1) is 0 Å². The van der Waals surface area contributed by atoms with Crippen LogP contribution in [0, 0.1) is 6.92 Å². The molecule has 112 valence electrons. The zero-order valence-electron chi connectivity index (χ0n) is 13.0. The lowest BCUT2D eigenvalue weighted by Gasteiger charge is -2.20. The molecule has 0 aliphatic heterocycles. The van der Waals surface area contributed by atoms with Crippen LogP contribution in [0.2, 0.25) is 0 Å². The number of halogens is 1. The predicted octanol–water partition coefficient (Wildman–Crippen LogP) is 5.44. The predicted molar refractivity (Wildman–Crippen MR) is 92.0 cm³/mol. The van der Waals surface area contributed by atoms with Crippen molar-refractivity contribution in [3.8, 4) is 11.5 Å². The summed E-state index contributed by atoms with van der Waals surface area (Å²) < 4.78 is 6.87. The minimum atomic E-state index is 0.127. The maximum atomic E-state index is 5.90. The molecule has 0 aromatic heterocycles. The summed E-state index contributed by atoms with van der Waals surface area (Å²) in [5.74, 6) is 1.68.